The van der Waals surface area contributed by atoms with Gasteiger partial charge in [-0.2, -0.15) is 0 Å². The van der Waals surface area contributed by atoms with Crippen molar-refractivity contribution in [3.63, 3.8) is 0 Å². The third-order valence-corrected chi connectivity index (χ3v) is 4.95. The van der Waals surface area contributed by atoms with Crippen molar-refractivity contribution in [3.05, 3.63) is 65.9 Å². The van der Waals surface area contributed by atoms with Gasteiger partial charge in [0, 0.05) is 43.6 Å². The van der Waals surface area contributed by atoms with Gasteiger partial charge in [0.15, 0.2) is 0 Å². The van der Waals surface area contributed by atoms with Crippen LogP contribution in [-0.2, 0) is 4.79 Å². The van der Waals surface area contributed by atoms with E-state index in [4.69, 9.17) is 4.74 Å². The number of piperazine rings is 1. The molecule has 0 aliphatic carbocycles. The fourth-order valence-electron chi connectivity index (χ4n) is 3.35. The lowest BCUT2D eigenvalue weighted by Crippen LogP contribution is -2.45. The summed E-state index contributed by atoms with van der Waals surface area (Å²) >= 11 is 0. The Kier molecular flexibility index (Phi) is 6.01. The van der Waals surface area contributed by atoms with Gasteiger partial charge in [-0.05, 0) is 37.6 Å². The van der Waals surface area contributed by atoms with E-state index in [1.807, 2.05) is 56.3 Å². The minimum atomic E-state index is -0.0889. The van der Waals surface area contributed by atoms with Crippen LogP contribution in [-0.4, -0.2) is 44.1 Å². The normalized spacial score (nSPS) is 14.9. The highest BCUT2D eigenvalue weighted by atomic mass is 16.5. The van der Waals surface area contributed by atoms with E-state index in [1.54, 1.807) is 13.2 Å². The molecule has 142 valence electrons. The summed E-state index contributed by atoms with van der Waals surface area (Å²) in [6.45, 7) is 7.52. The summed E-state index contributed by atoms with van der Waals surface area (Å²) in [5.74, 6) is 0.810. The number of nitrogens with zero attached hydrogens (tertiary/aromatic N) is 2. The third kappa shape index (κ3) is 4.61. The molecule has 5 nitrogen and oxygen atoms in total. The molecule has 1 fully saturated rings. The Morgan fingerprint density at radius 1 is 1.04 bits per heavy atom. The van der Waals surface area contributed by atoms with Crippen LogP contribution < -0.4 is 15.0 Å². The molecule has 1 aliphatic heterocycles. The second-order valence-corrected chi connectivity index (χ2v) is 6.74. The number of rotatable bonds is 5. The zero-order chi connectivity index (χ0) is 19.2. The third-order valence-electron chi connectivity index (χ3n) is 4.95. The molecule has 27 heavy (non-hydrogen) atoms. The Bertz CT molecular complexity index is 824. The quantitative estimate of drug-likeness (QED) is 0.821. The van der Waals surface area contributed by atoms with Gasteiger partial charge in [-0.25, -0.2) is 0 Å². The van der Waals surface area contributed by atoms with Crippen LogP contribution >= 0.6 is 0 Å². The van der Waals surface area contributed by atoms with Crippen molar-refractivity contribution in [1.82, 2.24) is 4.90 Å². The van der Waals surface area contributed by atoms with Gasteiger partial charge in [-0.1, -0.05) is 30.3 Å². The number of para-hydroxylation sites is 3. The molecule has 5 heteroatoms. The van der Waals surface area contributed by atoms with Gasteiger partial charge in [-0.15, -0.1) is 0 Å². The van der Waals surface area contributed by atoms with Crippen LogP contribution in [0.5, 0.6) is 5.75 Å². The van der Waals surface area contributed by atoms with Crippen molar-refractivity contribution in [2.24, 2.45) is 0 Å². The van der Waals surface area contributed by atoms with Crippen LogP contribution in [0.1, 0.15) is 12.5 Å². The Hall–Kier alpha value is -2.95. The Balaban J connectivity index is 1.59. The number of carbonyl (C=O) groups is 1. The summed E-state index contributed by atoms with van der Waals surface area (Å²) in [6.07, 6.45) is 1.69. The maximum Gasteiger partial charge on any atom is 0.250 e. The lowest BCUT2D eigenvalue weighted by atomic mass is 10.2. The number of hydrogen-bond acceptors (Lipinski definition) is 4. The minimum absolute atomic E-state index is 0.0889. The molecule has 0 atom stereocenters. The fraction of sp³-hybridized carbons (Fsp3) is 0.318. The van der Waals surface area contributed by atoms with Crippen molar-refractivity contribution in [1.29, 1.82) is 0 Å². The standard InChI is InChI=1S/C22H27N3O2/c1-17-8-4-5-9-19(17)23-22(26)16-18(2)24-12-14-25(15-13-24)20-10-6-7-11-21(20)27-3/h4-11,16H,12-15H2,1-3H3,(H,23,26). The van der Waals surface area contributed by atoms with Crippen molar-refractivity contribution >= 4 is 17.3 Å². The molecule has 1 heterocycles. The van der Waals surface area contributed by atoms with Crippen molar-refractivity contribution in [2.75, 3.05) is 43.5 Å². The molecule has 1 N–H and O–H groups in total. The lowest BCUT2D eigenvalue weighted by molar-refractivity contribution is -0.112. The number of ether oxygens (including phenoxy) is 1. The van der Waals surface area contributed by atoms with E-state index in [0.29, 0.717) is 0 Å². The number of anilines is 2. The molecule has 0 bridgehead atoms. The lowest BCUT2D eigenvalue weighted by Gasteiger charge is -2.38. The summed E-state index contributed by atoms with van der Waals surface area (Å²) in [4.78, 5) is 16.9. The number of benzene rings is 2. The molecule has 3 rings (SSSR count). The Labute approximate surface area is 161 Å². The predicted octanol–water partition coefficient (Wildman–Crippen LogP) is 3.67. The minimum Gasteiger partial charge on any atom is -0.495 e. The fourth-order valence-corrected chi connectivity index (χ4v) is 3.35. The van der Waals surface area contributed by atoms with Crippen molar-refractivity contribution in [2.45, 2.75) is 13.8 Å². The Morgan fingerprint density at radius 2 is 1.70 bits per heavy atom. The highest BCUT2D eigenvalue weighted by molar-refractivity contribution is 6.00. The molecule has 1 aliphatic rings. The zero-order valence-electron chi connectivity index (χ0n) is 16.2. The number of nitrogens with one attached hydrogen (secondary N) is 1. The van der Waals surface area contributed by atoms with E-state index in [9.17, 15) is 4.79 Å². The van der Waals surface area contributed by atoms with Crippen molar-refractivity contribution in [3.8, 4) is 5.75 Å². The monoisotopic (exact) mass is 365 g/mol. The summed E-state index contributed by atoms with van der Waals surface area (Å²) in [5, 5.41) is 2.96. The number of hydrogen-bond donors (Lipinski definition) is 1. The summed E-state index contributed by atoms with van der Waals surface area (Å²) in [6, 6.07) is 15.9. The van der Waals surface area contributed by atoms with E-state index in [0.717, 1.165) is 54.6 Å². The predicted molar refractivity (Wildman–Crippen MR) is 110 cm³/mol. The average Bonchev–Trinajstić information content (AvgIpc) is 2.69. The SMILES string of the molecule is COc1ccccc1N1CCN(C(C)=CC(=O)Nc2ccccc2C)CC1. The maximum atomic E-state index is 12.3. The van der Waals surface area contributed by atoms with E-state index in [2.05, 4.69) is 21.2 Å². The Morgan fingerprint density at radius 3 is 2.41 bits per heavy atom. The van der Waals surface area contributed by atoms with Gasteiger partial charge < -0.3 is 19.9 Å². The number of aryl methyl sites for hydroxylation is 1. The largest absolute Gasteiger partial charge is 0.495 e. The van der Waals surface area contributed by atoms with Crippen LogP contribution in [0, 0.1) is 6.92 Å². The van der Waals surface area contributed by atoms with Crippen LogP contribution in [0.3, 0.4) is 0 Å². The molecule has 0 radical (unpaired) electrons. The second-order valence-electron chi connectivity index (χ2n) is 6.74. The number of methoxy groups -OCH3 is 1. The molecule has 0 unspecified atom stereocenters. The number of carbonyl (C=O) groups excluding carboxylic acids is 1. The van der Waals surface area contributed by atoms with Crippen LogP contribution in [0.4, 0.5) is 11.4 Å². The summed E-state index contributed by atoms with van der Waals surface area (Å²) < 4.78 is 5.47. The van der Waals surface area contributed by atoms with Crippen molar-refractivity contribution < 1.29 is 9.53 Å². The molecule has 2 aromatic rings. The highest BCUT2D eigenvalue weighted by Gasteiger charge is 2.20. The molecule has 0 aromatic heterocycles. The first-order chi connectivity index (χ1) is 13.1. The van der Waals surface area contributed by atoms with Gasteiger partial charge in [0.2, 0.25) is 5.91 Å². The van der Waals surface area contributed by atoms with Gasteiger partial charge in [0.25, 0.3) is 0 Å². The van der Waals surface area contributed by atoms with E-state index in [-0.39, 0.29) is 5.91 Å². The number of allylic oxidation sites excluding steroid dienone is 1. The van der Waals surface area contributed by atoms with E-state index < -0.39 is 0 Å². The van der Waals surface area contributed by atoms with Crippen LogP contribution in [0.15, 0.2) is 60.3 Å². The van der Waals surface area contributed by atoms with Gasteiger partial charge in [0.1, 0.15) is 5.75 Å². The molecular formula is C22H27N3O2. The smallest absolute Gasteiger partial charge is 0.250 e. The first-order valence-corrected chi connectivity index (χ1v) is 9.26. The van der Waals surface area contributed by atoms with Gasteiger partial charge in [-0.3, -0.25) is 4.79 Å². The maximum absolute atomic E-state index is 12.3. The average molecular weight is 365 g/mol. The molecular weight excluding hydrogens is 338 g/mol. The molecule has 2 aromatic carbocycles. The van der Waals surface area contributed by atoms with E-state index in [1.165, 1.54) is 0 Å². The van der Waals surface area contributed by atoms with Crippen LogP contribution in [0.2, 0.25) is 0 Å². The molecule has 0 spiro atoms. The van der Waals surface area contributed by atoms with Gasteiger partial charge >= 0.3 is 0 Å². The molecule has 0 saturated carbocycles. The van der Waals surface area contributed by atoms with E-state index >= 15 is 0 Å². The highest BCUT2D eigenvalue weighted by Crippen LogP contribution is 2.28. The second kappa shape index (κ2) is 8.62. The molecule has 1 amide bonds. The molecule has 1 saturated heterocycles. The zero-order valence-corrected chi connectivity index (χ0v) is 16.2. The summed E-state index contributed by atoms with van der Waals surface area (Å²) in [5.41, 5.74) is 4.02. The summed E-state index contributed by atoms with van der Waals surface area (Å²) in [7, 11) is 1.70. The van der Waals surface area contributed by atoms with Crippen LogP contribution in [0.25, 0.3) is 0 Å². The number of amides is 1. The topological polar surface area (TPSA) is 44.8 Å². The first-order valence-electron chi connectivity index (χ1n) is 9.26. The van der Waals surface area contributed by atoms with Gasteiger partial charge in [0.05, 0.1) is 12.8 Å². The first kappa shape index (κ1) is 18.8.